The lowest BCUT2D eigenvalue weighted by atomic mass is 9.92. The second kappa shape index (κ2) is 7.17. The van der Waals surface area contributed by atoms with Crippen molar-refractivity contribution in [2.45, 2.75) is 6.61 Å². The number of aromatic nitrogens is 1. The minimum absolute atomic E-state index is 0.121. The summed E-state index contributed by atoms with van der Waals surface area (Å²) in [4.78, 5) is 18.3. The van der Waals surface area contributed by atoms with E-state index in [1.165, 1.54) is 18.4 Å². The van der Waals surface area contributed by atoms with Gasteiger partial charge in [-0.05, 0) is 60.2 Å². The average Bonchev–Trinajstić information content (AvgIpc) is 2.84. The first-order chi connectivity index (χ1) is 15.7. The summed E-state index contributed by atoms with van der Waals surface area (Å²) in [6.45, 7) is 0.282. The Morgan fingerprint density at radius 3 is 2.50 bits per heavy atom. The molecular formula is C27H16FNO3. The molecule has 0 aliphatic carbocycles. The van der Waals surface area contributed by atoms with Crippen LogP contribution in [-0.4, -0.2) is 4.98 Å². The molecule has 0 amide bonds. The van der Waals surface area contributed by atoms with E-state index in [4.69, 9.17) is 14.1 Å². The summed E-state index contributed by atoms with van der Waals surface area (Å²) in [6.07, 6.45) is 1.50. The van der Waals surface area contributed by atoms with Gasteiger partial charge in [0.1, 0.15) is 30.0 Å². The van der Waals surface area contributed by atoms with Crippen LogP contribution < -0.4 is 10.2 Å². The van der Waals surface area contributed by atoms with Crippen molar-refractivity contribution in [1.29, 1.82) is 0 Å². The maximum absolute atomic E-state index is 13.5. The number of nitrogens with zero attached hydrogens (tertiary/aromatic N) is 1. The van der Waals surface area contributed by atoms with Crippen molar-refractivity contribution in [3.05, 3.63) is 107 Å². The van der Waals surface area contributed by atoms with Crippen molar-refractivity contribution >= 4 is 11.0 Å². The van der Waals surface area contributed by atoms with E-state index in [0.717, 1.165) is 28.1 Å². The minimum atomic E-state index is -0.319. The van der Waals surface area contributed by atoms with Crippen molar-refractivity contribution in [1.82, 2.24) is 4.98 Å². The summed E-state index contributed by atoms with van der Waals surface area (Å²) >= 11 is 0. The topological polar surface area (TPSA) is 52.3 Å². The van der Waals surface area contributed by atoms with Gasteiger partial charge in [0.15, 0.2) is 0 Å². The van der Waals surface area contributed by atoms with E-state index in [1.54, 1.807) is 24.3 Å². The quantitative estimate of drug-likeness (QED) is 0.340. The molecule has 0 saturated carbocycles. The maximum Gasteiger partial charge on any atom is 0.200 e. The fourth-order valence-electron chi connectivity index (χ4n) is 4.15. The molecule has 3 aromatic carbocycles. The molecule has 0 saturated heterocycles. The molecule has 154 valence electrons. The fourth-order valence-corrected chi connectivity index (χ4v) is 4.15. The highest BCUT2D eigenvalue weighted by atomic mass is 19.1. The Morgan fingerprint density at radius 1 is 0.844 bits per heavy atom. The third-order valence-electron chi connectivity index (χ3n) is 5.75. The van der Waals surface area contributed by atoms with Crippen LogP contribution in [0.25, 0.3) is 44.6 Å². The Morgan fingerprint density at radius 2 is 1.62 bits per heavy atom. The predicted molar refractivity (Wildman–Crippen MR) is 121 cm³/mol. The molecule has 0 spiro atoms. The Kier molecular flexibility index (Phi) is 4.15. The minimum Gasteiger partial charge on any atom is -0.488 e. The van der Waals surface area contributed by atoms with Crippen molar-refractivity contribution in [2.75, 3.05) is 0 Å². The second-order valence-corrected chi connectivity index (χ2v) is 7.65. The van der Waals surface area contributed by atoms with Crippen LogP contribution in [0.15, 0.2) is 94.3 Å². The normalized spacial score (nSPS) is 12.2. The van der Waals surface area contributed by atoms with E-state index in [-0.39, 0.29) is 17.9 Å². The number of ether oxygens (including phenoxy) is 1. The zero-order chi connectivity index (χ0) is 21.7. The van der Waals surface area contributed by atoms with Crippen molar-refractivity contribution in [2.24, 2.45) is 0 Å². The zero-order valence-corrected chi connectivity index (χ0v) is 16.8. The van der Waals surface area contributed by atoms with Crippen molar-refractivity contribution < 1.29 is 13.5 Å². The summed E-state index contributed by atoms with van der Waals surface area (Å²) in [5.74, 6) is 0.418. The number of fused-ring (bicyclic) bond motifs is 4. The lowest BCUT2D eigenvalue weighted by molar-refractivity contribution is 0.302. The number of pyridine rings is 1. The lowest BCUT2D eigenvalue weighted by Crippen LogP contribution is -2.13. The van der Waals surface area contributed by atoms with E-state index in [0.29, 0.717) is 27.8 Å². The van der Waals surface area contributed by atoms with E-state index < -0.39 is 0 Å². The SMILES string of the molecule is O=c1c(-c2cc(-c3ccc(F)cc3)nc3c2COc2ccccc2-3)coc2ccccc12. The standard InChI is InChI=1S/C27H16FNO3/c28-17-11-9-16(10-12-17)23-13-20(22-15-32-25-8-4-2-6-19(25)27(22)30)21-14-31-24-7-3-1-5-18(24)26(21)29-23/h1-13,15H,14H2. The molecule has 1 aliphatic rings. The Bertz CT molecular complexity index is 1550. The first-order valence-electron chi connectivity index (χ1n) is 10.2. The van der Waals surface area contributed by atoms with Crippen LogP contribution in [0.4, 0.5) is 4.39 Å². The number of para-hydroxylation sites is 2. The Hall–Kier alpha value is -4.25. The number of hydrogen-bond acceptors (Lipinski definition) is 4. The summed E-state index contributed by atoms with van der Waals surface area (Å²) < 4.78 is 25.3. The van der Waals surface area contributed by atoms with E-state index in [9.17, 15) is 9.18 Å². The van der Waals surface area contributed by atoms with Gasteiger partial charge in [0, 0.05) is 16.7 Å². The van der Waals surface area contributed by atoms with Crippen LogP contribution in [0.1, 0.15) is 5.56 Å². The zero-order valence-electron chi connectivity index (χ0n) is 16.8. The van der Waals surface area contributed by atoms with Crippen LogP contribution in [0.3, 0.4) is 0 Å². The Labute approximate surface area is 182 Å². The van der Waals surface area contributed by atoms with Gasteiger partial charge in [0.25, 0.3) is 0 Å². The van der Waals surface area contributed by atoms with Crippen LogP contribution in [-0.2, 0) is 6.61 Å². The molecule has 1 aliphatic heterocycles. The van der Waals surface area contributed by atoms with E-state index >= 15 is 0 Å². The number of rotatable bonds is 2. The summed E-state index contributed by atoms with van der Waals surface area (Å²) in [5, 5.41) is 0.510. The van der Waals surface area contributed by atoms with Crippen LogP contribution in [0, 0.1) is 5.82 Å². The fraction of sp³-hybridized carbons (Fsp3) is 0.0370. The highest BCUT2D eigenvalue weighted by Gasteiger charge is 2.25. The molecule has 0 fully saturated rings. The second-order valence-electron chi connectivity index (χ2n) is 7.65. The predicted octanol–water partition coefficient (Wildman–Crippen LogP) is 6.22. The van der Waals surface area contributed by atoms with Gasteiger partial charge in [-0.15, -0.1) is 0 Å². The summed E-state index contributed by atoms with van der Waals surface area (Å²) in [5.41, 5.74) is 5.36. The average molecular weight is 421 g/mol. The molecule has 4 nitrogen and oxygen atoms in total. The van der Waals surface area contributed by atoms with Gasteiger partial charge < -0.3 is 9.15 Å². The molecule has 0 bridgehead atoms. The van der Waals surface area contributed by atoms with Gasteiger partial charge >= 0.3 is 0 Å². The first-order valence-corrected chi connectivity index (χ1v) is 10.2. The molecule has 3 heterocycles. The van der Waals surface area contributed by atoms with Crippen LogP contribution in [0.2, 0.25) is 0 Å². The van der Waals surface area contributed by atoms with Gasteiger partial charge in [0.05, 0.1) is 22.3 Å². The van der Waals surface area contributed by atoms with Gasteiger partial charge in [-0.3, -0.25) is 4.79 Å². The maximum atomic E-state index is 13.5. The Balaban J connectivity index is 1.67. The first kappa shape index (κ1) is 18.5. The monoisotopic (exact) mass is 421 g/mol. The summed E-state index contributed by atoms with van der Waals surface area (Å²) in [7, 11) is 0. The van der Waals surface area contributed by atoms with Gasteiger partial charge in [-0.25, -0.2) is 9.37 Å². The molecule has 0 N–H and O–H groups in total. The molecule has 2 aromatic heterocycles. The van der Waals surface area contributed by atoms with Crippen LogP contribution >= 0.6 is 0 Å². The molecular weight excluding hydrogens is 405 g/mol. The highest BCUT2D eigenvalue weighted by molar-refractivity contribution is 5.87. The lowest BCUT2D eigenvalue weighted by Gasteiger charge is -2.23. The molecule has 32 heavy (non-hydrogen) atoms. The number of benzene rings is 3. The molecule has 5 heteroatoms. The molecule has 0 radical (unpaired) electrons. The third-order valence-corrected chi connectivity index (χ3v) is 5.75. The van der Waals surface area contributed by atoms with Gasteiger partial charge in [0.2, 0.25) is 5.43 Å². The molecule has 5 aromatic rings. The molecule has 0 unspecified atom stereocenters. The largest absolute Gasteiger partial charge is 0.488 e. The van der Waals surface area contributed by atoms with Gasteiger partial charge in [-0.2, -0.15) is 0 Å². The number of hydrogen-bond donors (Lipinski definition) is 0. The summed E-state index contributed by atoms with van der Waals surface area (Å²) in [6, 6.07) is 22.9. The van der Waals surface area contributed by atoms with E-state index in [2.05, 4.69) is 0 Å². The smallest absolute Gasteiger partial charge is 0.200 e. The van der Waals surface area contributed by atoms with Crippen molar-refractivity contribution in [3.8, 4) is 39.4 Å². The van der Waals surface area contributed by atoms with Crippen LogP contribution in [0.5, 0.6) is 5.75 Å². The van der Waals surface area contributed by atoms with Gasteiger partial charge in [-0.1, -0.05) is 24.3 Å². The molecule has 6 rings (SSSR count). The third kappa shape index (κ3) is 2.90. The highest BCUT2D eigenvalue weighted by Crippen LogP contribution is 2.41. The number of halogens is 1. The van der Waals surface area contributed by atoms with Crippen molar-refractivity contribution in [3.63, 3.8) is 0 Å². The van der Waals surface area contributed by atoms with E-state index in [1.807, 2.05) is 42.5 Å². The molecule has 0 atom stereocenters.